The van der Waals surface area contributed by atoms with Crippen molar-refractivity contribution in [3.63, 3.8) is 0 Å². The van der Waals surface area contributed by atoms with Gasteiger partial charge in [0.2, 0.25) is 15.3 Å². The molecule has 1 aliphatic carbocycles. The maximum atomic E-state index is 16.0. The van der Waals surface area contributed by atoms with Crippen molar-refractivity contribution in [2.45, 2.75) is 63.0 Å². The second kappa shape index (κ2) is 10.4. The van der Waals surface area contributed by atoms with E-state index in [0.717, 1.165) is 5.56 Å². The van der Waals surface area contributed by atoms with Crippen LogP contribution in [0.15, 0.2) is 30.3 Å². The van der Waals surface area contributed by atoms with Crippen molar-refractivity contribution in [1.82, 2.24) is 9.62 Å². The Hall–Kier alpha value is -1.80. The largest absolute Gasteiger partial charge is 0.383 e. The number of rotatable bonds is 8. The molecule has 4 rings (SSSR count). The minimum atomic E-state index is -4.38. The van der Waals surface area contributed by atoms with Gasteiger partial charge in [-0.15, -0.1) is 0 Å². The number of aliphatic hydroxyl groups is 1. The number of alkyl halides is 1. The van der Waals surface area contributed by atoms with E-state index in [2.05, 4.69) is 4.72 Å². The summed E-state index contributed by atoms with van der Waals surface area (Å²) in [6.45, 7) is 3.67. The molecular formula is C25H29B2F2N2O4PS. The van der Waals surface area contributed by atoms with Crippen molar-refractivity contribution in [3.05, 3.63) is 47.3 Å². The molecule has 4 radical (unpaired) electrons. The highest BCUT2D eigenvalue weighted by molar-refractivity contribution is 7.93. The fourth-order valence-electron chi connectivity index (χ4n) is 5.31. The minimum Gasteiger partial charge on any atom is -0.383 e. The number of carbonyl (C=O) groups is 1. The molecule has 37 heavy (non-hydrogen) atoms. The fraction of sp³-hybridized carbons (Fsp3) is 0.480. The lowest BCUT2D eigenvalue weighted by molar-refractivity contribution is -0.141. The van der Waals surface area contributed by atoms with Crippen molar-refractivity contribution in [2.24, 2.45) is 5.41 Å². The summed E-state index contributed by atoms with van der Waals surface area (Å²) in [5, 5.41) is 8.06. The lowest BCUT2D eigenvalue weighted by Crippen LogP contribution is -2.52. The Bertz CT molecular complexity index is 1300. The maximum Gasteiger partial charge on any atom is 0.251 e. The van der Waals surface area contributed by atoms with Gasteiger partial charge in [-0.3, -0.25) is 4.79 Å². The predicted molar refractivity (Wildman–Crippen MR) is 145 cm³/mol. The first-order valence-corrected chi connectivity index (χ1v) is 14.3. The topological polar surface area (TPSA) is 86.7 Å². The van der Waals surface area contributed by atoms with E-state index in [4.69, 9.17) is 15.7 Å². The van der Waals surface area contributed by atoms with E-state index in [1.54, 1.807) is 34.4 Å². The molecule has 2 aromatic rings. The SMILES string of the molecule is [B]c1cc(C)cc(-c2cc([B])cc(CC3C(NS(=O)(=O)C(F)P)C4(CC4)CN3C(=O)[C@H](O)CC)c2F)c1. The van der Waals surface area contributed by atoms with Crippen LogP contribution in [-0.2, 0) is 21.2 Å². The van der Waals surface area contributed by atoms with E-state index >= 15 is 4.39 Å². The number of halogens is 2. The molecular weight excluding hydrogens is 515 g/mol. The second-order valence-electron chi connectivity index (χ2n) is 10.2. The Kier molecular flexibility index (Phi) is 7.93. The molecule has 4 unspecified atom stereocenters. The van der Waals surface area contributed by atoms with Crippen LogP contribution < -0.4 is 15.6 Å². The first kappa shape index (κ1) is 28.2. The molecule has 1 aliphatic heterocycles. The van der Waals surface area contributed by atoms with E-state index in [9.17, 15) is 22.7 Å². The number of aryl methyl sites for hydroxylation is 1. The molecule has 5 atom stereocenters. The average molecular weight is 544 g/mol. The molecule has 6 nitrogen and oxygen atoms in total. The van der Waals surface area contributed by atoms with Crippen molar-refractivity contribution in [3.8, 4) is 11.1 Å². The number of carbonyl (C=O) groups excluding carboxylic acids is 1. The molecule has 1 spiro atoms. The predicted octanol–water partition coefficient (Wildman–Crippen LogP) is 1.11. The van der Waals surface area contributed by atoms with E-state index in [1.165, 1.54) is 17.0 Å². The zero-order valence-corrected chi connectivity index (χ0v) is 22.7. The molecule has 2 aromatic carbocycles. The highest BCUT2D eigenvalue weighted by atomic mass is 32.2. The van der Waals surface area contributed by atoms with Crippen molar-refractivity contribution >= 4 is 51.8 Å². The van der Waals surface area contributed by atoms with Crippen molar-refractivity contribution < 1.29 is 27.1 Å². The zero-order valence-electron chi connectivity index (χ0n) is 20.7. The van der Waals surface area contributed by atoms with Gasteiger partial charge < -0.3 is 10.0 Å². The van der Waals surface area contributed by atoms with E-state index in [0.29, 0.717) is 23.9 Å². The van der Waals surface area contributed by atoms with Crippen LogP contribution in [0.1, 0.15) is 37.3 Å². The van der Waals surface area contributed by atoms with E-state index in [-0.39, 0.29) is 36.0 Å². The summed E-state index contributed by atoms with van der Waals surface area (Å²) >= 11 is 0. The number of hydrogen-bond donors (Lipinski definition) is 2. The number of nitrogens with zero attached hydrogens (tertiary/aromatic N) is 1. The quantitative estimate of drug-likeness (QED) is 0.386. The average Bonchev–Trinajstić information content (AvgIpc) is 3.54. The summed E-state index contributed by atoms with van der Waals surface area (Å²) in [6.07, 6.45) is 0.0134. The normalized spacial score (nSPS) is 22.3. The van der Waals surface area contributed by atoms with Crippen LogP contribution >= 0.6 is 9.24 Å². The van der Waals surface area contributed by atoms with Crippen LogP contribution in [-0.4, -0.2) is 70.0 Å². The highest BCUT2D eigenvalue weighted by Crippen LogP contribution is 2.56. The number of nitrogens with one attached hydrogen (secondary N) is 1. The monoisotopic (exact) mass is 544 g/mol. The molecule has 1 saturated carbocycles. The molecule has 0 aromatic heterocycles. The highest BCUT2D eigenvalue weighted by Gasteiger charge is 2.61. The minimum absolute atomic E-state index is 0.0872. The number of sulfonamides is 1. The van der Waals surface area contributed by atoms with Crippen LogP contribution in [0.5, 0.6) is 0 Å². The van der Waals surface area contributed by atoms with Crippen LogP contribution in [0, 0.1) is 18.2 Å². The first-order chi connectivity index (χ1) is 17.3. The maximum absolute atomic E-state index is 16.0. The summed E-state index contributed by atoms with van der Waals surface area (Å²) in [4.78, 5) is 14.6. The Morgan fingerprint density at radius 2 is 1.89 bits per heavy atom. The van der Waals surface area contributed by atoms with Crippen LogP contribution in [0.25, 0.3) is 11.1 Å². The van der Waals surface area contributed by atoms with Crippen LogP contribution in [0.3, 0.4) is 0 Å². The fourth-order valence-corrected chi connectivity index (χ4v) is 6.44. The number of amides is 1. The molecule has 1 heterocycles. The van der Waals surface area contributed by atoms with Gasteiger partial charge in [0.05, 0.1) is 6.04 Å². The van der Waals surface area contributed by atoms with Gasteiger partial charge in [0.1, 0.15) is 27.6 Å². The van der Waals surface area contributed by atoms with Crippen molar-refractivity contribution in [1.29, 1.82) is 0 Å². The van der Waals surface area contributed by atoms with Gasteiger partial charge in [-0.1, -0.05) is 63.0 Å². The molecule has 0 bridgehead atoms. The van der Waals surface area contributed by atoms with Gasteiger partial charge >= 0.3 is 0 Å². The van der Waals surface area contributed by atoms with Crippen LogP contribution in [0.4, 0.5) is 8.78 Å². The van der Waals surface area contributed by atoms with Gasteiger partial charge in [-0.2, -0.15) is 0 Å². The molecule has 2 N–H and O–H groups in total. The lowest BCUT2D eigenvalue weighted by Gasteiger charge is -2.31. The molecule has 1 saturated heterocycles. The van der Waals surface area contributed by atoms with Crippen molar-refractivity contribution in [2.75, 3.05) is 6.54 Å². The number of benzene rings is 2. The Morgan fingerprint density at radius 3 is 2.46 bits per heavy atom. The molecule has 2 fully saturated rings. The van der Waals surface area contributed by atoms with Gasteiger partial charge in [-0.05, 0) is 43.7 Å². The smallest absolute Gasteiger partial charge is 0.251 e. The van der Waals surface area contributed by atoms with Gasteiger partial charge in [0, 0.05) is 23.6 Å². The summed E-state index contributed by atoms with van der Waals surface area (Å²) < 4.78 is 57.4. The van der Waals surface area contributed by atoms with E-state index in [1.807, 2.05) is 6.92 Å². The third-order valence-corrected chi connectivity index (χ3v) is 9.63. The summed E-state index contributed by atoms with van der Waals surface area (Å²) in [5.41, 5.74) is 1.90. The first-order valence-electron chi connectivity index (χ1n) is 12.1. The Balaban J connectivity index is 1.78. The van der Waals surface area contributed by atoms with Crippen LogP contribution in [0.2, 0.25) is 0 Å². The Labute approximate surface area is 221 Å². The molecule has 2 aliphatic rings. The summed E-state index contributed by atoms with van der Waals surface area (Å²) in [6, 6.07) is 6.39. The standard InChI is InChI=1S/C25H29B2F2N2O4PS/c1-3-20(32)23(33)31-12-25(4-5-25)22(30-37(34,35)24(29)36)19(31)10-15-9-17(27)11-18(21(15)28)14-6-13(2)7-16(26)8-14/h6-9,11,19-20,22,24,30,32H,3-5,10,12,36H2,1-2H3/t19?,20-,22?,24?/m1/s1. The van der Waals surface area contributed by atoms with Gasteiger partial charge in [-0.25, -0.2) is 21.9 Å². The number of hydrogen-bond acceptors (Lipinski definition) is 4. The van der Waals surface area contributed by atoms with E-state index < -0.39 is 50.6 Å². The summed E-state index contributed by atoms with van der Waals surface area (Å²) in [5.74, 6) is -1.14. The second-order valence-corrected chi connectivity index (χ2v) is 13.0. The summed E-state index contributed by atoms with van der Waals surface area (Å²) in [7, 11) is 9.34. The third-order valence-electron chi connectivity index (χ3n) is 7.37. The lowest BCUT2D eigenvalue weighted by atomic mass is 9.84. The molecule has 12 heteroatoms. The van der Waals surface area contributed by atoms with Gasteiger partial charge in [0.25, 0.3) is 5.91 Å². The third kappa shape index (κ3) is 5.65. The zero-order chi connectivity index (χ0) is 27.3. The van der Waals surface area contributed by atoms with Gasteiger partial charge in [0.15, 0.2) is 0 Å². The molecule has 194 valence electrons. The number of aliphatic hydroxyl groups excluding tert-OH is 1. The Morgan fingerprint density at radius 1 is 1.24 bits per heavy atom. The number of likely N-dealkylation sites (tertiary alicyclic amines) is 1. The molecule has 1 amide bonds.